The Hall–Kier alpha value is -2.17. The van der Waals surface area contributed by atoms with Crippen LogP contribution >= 0.6 is 23.4 Å². The lowest BCUT2D eigenvalue weighted by Gasteiger charge is -2.17. The number of carbonyl (C=O) groups is 1. The van der Waals surface area contributed by atoms with Crippen LogP contribution in [-0.2, 0) is 14.8 Å². The first-order valence-electron chi connectivity index (χ1n) is 7.04. The number of halogens is 3. The van der Waals surface area contributed by atoms with Crippen LogP contribution in [0, 0.1) is 11.6 Å². The average Bonchev–Trinajstić information content (AvgIpc) is 2.56. The third kappa shape index (κ3) is 4.14. The summed E-state index contributed by atoms with van der Waals surface area (Å²) in [4.78, 5) is 11.8. The molecule has 136 valence electrons. The Labute approximate surface area is 156 Å². The summed E-state index contributed by atoms with van der Waals surface area (Å²) < 4.78 is 54.3. The molecule has 6 nitrogen and oxygen atoms in total. The molecule has 0 unspecified atom stereocenters. The fraction of sp³-hybridized carbons (Fsp3) is 0.0667. The van der Waals surface area contributed by atoms with E-state index in [1.165, 1.54) is 18.2 Å². The van der Waals surface area contributed by atoms with E-state index in [0.29, 0.717) is 6.07 Å². The minimum atomic E-state index is -3.95. The van der Waals surface area contributed by atoms with Crippen LogP contribution in [0.1, 0.15) is 0 Å². The number of thioether (sulfide) groups is 1. The molecule has 1 amide bonds. The summed E-state index contributed by atoms with van der Waals surface area (Å²) in [6, 6.07) is 7.01. The molecular weight excluding hydrogens is 408 g/mol. The van der Waals surface area contributed by atoms with E-state index in [2.05, 4.69) is 15.0 Å². The highest BCUT2D eigenvalue weighted by atomic mass is 35.5. The first kappa shape index (κ1) is 18.6. The van der Waals surface area contributed by atoms with Crippen molar-refractivity contribution in [3.63, 3.8) is 0 Å². The van der Waals surface area contributed by atoms with Gasteiger partial charge in [0.1, 0.15) is 16.5 Å². The second-order valence-electron chi connectivity index (χ2n) is 5.10. The van der Waals surface area contributed by atoms with Gasteiger partial charge in [0, 0.05) is 11.1 Å². The summed E-state index contributed by atoms with van der Waals surface area (Å²) >= 11 is 6.61. The average molecular weight is 418 g/mol. The van der Waals surface area contributed by atoms with Gasteiger partial charge < -0.3 is 10.6 Å². The van der Waals surface area contributed by atoms with E-state index in [1.807, 2.05) is 0 Å². The van der Waals surface area contributed by atoms with Gasteiger partial charge in [0.25, 0.3) is 10.0 Å². The number of hydrogen-bond donors (Lipinski definition) is 2. The third-order valence-corrected chi connectivity index (χ3v) is 5.75. The van der Waals surface area contributed by atoms with Crippen molar-refractivity contribution in [2.24, 2.45) is 4.40 Å². The van der Waals surface area contributed by atoms with Gasteiger partial charge in [0.05, 0.1) is 17.1 Å². The van der Waals surface area contributed by atoms with E-state index in [4.69, 9.17) is 11.6 Å². The number of nitrogens with zero attached hydrogens (tertiary/aromatic N) is 1. The molecule has 0 fully saturated rings. The molecule has 0 bridgehead atoms. The molecule has 11 heteroatoms. The summed E-state index contributed by atoms with van der Waals surface area (Å²) in [5.41, 5.74) is 0.111. The largest absolute Gasteiger partial charge is 0.333 e. The lowest BCUT2D eigenvalue weighted by Crippen LogP contribution is -2.22. The standard InChI is InChI=1S/C15H10ClF2N3O3S2/c16-8-1-3-12-13(5-8)26(23,24)21-15(20-12)25-7-14(22)19-11-4-2-9(17)6-10(11)18/h1-6H,7H2,(H,19,22)(H,20,21). The summed E-state index contributed by atoms with van der Waals surface area (Å²) in [6.45, 7) is 0. The Bertz CT molecular complexity index is 1030. The molecule has 3 rings (SSSR count). The molecule has 2 aromatic rings. The molecule has 1 aliphatic heterocycles. The van der Waals surface area contributed by atoms with Crippen LogP contribution in [-0.4, -0.2) is 25.2 Å². The van der Waals surface area contributed by atoms with Gasteiger partial charge in [-0.25, -0.2) is 8.78 Å². The van der Waals surface area contributed by atoms with Crippen molar-refractivity contribution in [1.82, 2.24) is 0 Å². The van der Waals surface area contributed by atoms with Gasteiger partial charge in [-0.1, -0.05) is 23.4 Å². The third-order valence-electron chi connectivity index (χ3n) is 3.21. The minimum Gasteiger partial charge on any atom is -0.333 e. The van der Waals surface area contributed by atoms with Crippen LogP contribution in [0.2, 0.25) is 5.02 Å². The zero-order chi connectivity index (χ0) is 18.9. The molecule has 0 aliphatic carbocycles. The maximum atomic E-state index is 13.5. The predicted molar refractivity (Wildman–Crippen MR) is 97.1 cm³/mol. The molecular formula is C15H10ClF2N3O3S2. The van der Waals surface area contributed by atoms with E-state index in [9.17, 15) is 22.0 Å². The zero-order valence-corrected chi connectivity index (χ0v) is 15.2. The molecule has 1 aliphatic rings. The SMILES string of the molecule is O=C(CSC1=NS(=O)(=O)c2cc(Cl)ccc2N1)Nc1ccc(F)cc1F. The van der Waals surface area contributed by atoms with Gasteiger partial charge in [-0.05, 0) is 30.3 Å². The van der Waals surface area contributed by atoms with Crippen LogP contribution in [0.5, 0.6) is 0 Å². The number of amides is 1. The number of amidine groups is 1. The van der Waals surface area contributed by atoms with Crippen molar-refractivity contribution >= 4 is 55.8 Å². The van der Waals surface area contributed by atoms with Crippen molar-refractivity contribution in [3.8, 4) is 0 Å². The number of carbonyl (C=O) groups excluding carboxylic acids is 1. The smallest absolute Gasteiger partial charge is 0.286 e. The quantitative estimate of drug-likeness (QED) is 0.798. The Balaban J connectivity index is 1.68. The zero-order valence-electron chi connectivity index (χ0n) is 12.8. The topological polar surface area (TPSA) is 87.6 Å². The van der Waals surface area contributed by atoms with Gasteiger partial charge in [-0.15, -0.1) is 4.40 Å². The van der Waals surface area contributed by atoms with E-state index >= 15 is 0 Å². The normalized spacial score (nSPS) is 14.8. The molecule has 2 N–H and O–H groups in total. The number of anilines is 2. The highest BCUT2D eigenvalue weighted by molar-refractivity contribution is 8.15. The lowest BCUT2D eigenvalue weighted by atomic mass is 10.3. The molecule has 1 heterocycles. The van der Waals surface area contributed by atoms with Crippen molar-refractivity contribution in [2.75, 3.05) is 16.4 Å². The second-order valence-corrected chi connectivity index (χ2v) is 8.07. The van der Waals surface area contributed by atoms with Crippen LogP contribution in [0.4, 0.5) is 20.2 Å². The highest BCUT2D eigenvalue weighted by Crippen LogP contribution is 2.31. The number of sulfonamides is 1. The molecule has 0 saturated heterocycles. The Morgan fingerprint density at radius 2 is 2.00 bits per heavy atom. The number of nitrogens with one attached hydrogen (secondary N) is 2. The first-order chi connectivity index (χ1) is 12.2. The van der Waals surface area contributed by atoms with Crippen molar-refractivity contribution in [2.45, 2.75) is 4.90 Å². The fourth-order valence-electron chi connectivity index (χ4n) is 2.08. The molecule has 0 saturated carbocycles. The number of rotatable bonds is 3. The lowest BCUT2D eigenvalue weighted by molar-refractivity contribution is -0.113. The van der Waals surface area contributed by atoms with Crippen molar-refractivity contribution in [1.29, 1.82) is 0 Å². The molecule has 0 radical (unpaired) electrons. The Kier molecular flexibility index (Phi) is 5.17. The van der Waals surface area contributed by atoms with Crippen LogP contribution in [0.25, 0.3) is 0 Å². The van der Waals surface area contributed by atoms with Gasteiger partial charge in [-0.2, -0.15) is 8.42 Å². The fourth-order valence-corrected chi connectivity index (χ4v) is 4.38. The van der Waals surface area contributed by atoms with Gasteiger partial charge in [-0.3, -0.25) is 4.79 Å². The minimum absolute atomic E-state index is 0.00505. The first-order valence-corrected chi connectivity index (χ1v) is 9.84. The molecule has 0 atom stereocenters. The maximum Gasteiger partial charge on any atom is 0.286 e. The van der Waals surface area contributed by atoms with E-state index in [1.54, 1.807) is 0 Å². The summed E-state index contributed by atoms with van der Waals surface area (Å²) in [6.07, 6.45) is 0. The molecule has 0 aromatic heterocycles. The Morgan fingerprint density at radius 3 is 2.73 bits per heavy atom. The van der Waals surface area contributed by atoms with Crippen LogP contribution in [0.15, 0.2) is 45.7 Å². The predicted octanol–water partition coefficient (Wildman–Crippen LogP) is 3.46. The van der Waals surface area contributed by atoms with Crippen LogP contribution < -0.4 is 10.6 Å². The van der Waals surface area contributed by atoms with Gasteiger partial charge in [0.2, 0.25) is 5.91 Å². The van der Waals surface area contributed by atoms with Crippen molar-refractivity contribution < 1.29 is 22.0 Å². The Morgan fingerprint density at radius 1 is 1.23 bits per heavy atom. The van der Waals surface area contributed by atoms with E-state index in [-0.39, 0.29) is 32.2 Å². The number of hydrogen-bond acceptors (Lipinski definition) is 5. The summed E-state index contributed by atoms with van der Waals surface area (Å²) in [7, 11) is -3.95. The van der Waals surface area contributed by atoms with Crippen molar-refractivity contribution in [3.05, 3.63) is 53.1 Å². The number of benzene rings is 2. The second kappa shape index (κ2) is 7.22. The summed E-state index contributed by atoms with van der Waals surface area (Å²) in [5.74, 6) is -2.52. The molecule has 26 heavy (non-hydrogen) atoms. The maximum absolute atomic E-state index is 13.5. The van der Waals surface area contributed by atoms with Gasteiger partial charge >= 0.3 is 0 Å². The summed E-state index contributed by atoms with van der Waals surface area (Å²) in [5, 5.41) is 5.31. The van der Waals surface area contributed by atoms with E-state index < -0.39 is 27.6 Å². The number of fused-ring (bicyclic) bond motifs is 1. The monoisotopic (exact) mass is 417 g/mol. The van der Waals surface area contributed by atoms with Crippen LogP contribution in [0.3, 0.4) is 0 Å². The molecule has 0 spiro atoms. The van der Waals surface area contributed by atoms with E-state index in [0.717, 1.165) is 23.9 Å². The molecule has 2 aromatic carbocycles. The highest BCUT2D eigenvalue weighted by Gasteiger charge is 2.25. The van der Waals surface area contributed by atoms with Gasteiger partial charge in [0.15, 0.2) is 5.17 Å².